The Morgan fingerprint density at radius 1 is 1.42 bits per heavy atom. The third-order valence-electron chi connectivity index (χ3n) is 2.76. The molecule has 1 fully saturated rings. The molecule has 0 unspecified atom stereocenters. The summed E-state index contributed by atoms with van der Waals surface area (Å²) in [4.78, 5) is 11.2. The zero-order valence-electron chi connectivity index (χ0n) is 8.17. The first-order valence-electron chi connectivity index (χ1n) is 4.78. The molecule has 1 heterocycles. The van der Waals surface area contributed by atoms with E-state index < -0.39 is 0 Å². The minimum absolute atomic E-state index is 0.0156. The third kappa shape index (κ3) is 2.23. The summed E-state index contributed by atoms with van der Waals surface area (Å²) >= 11 is 0. The van der Waals surface area contributed by atoms with Gasteiger partial charge in [-0.2, -0.15) is 0 Å². The maximum absolute atomic E-state index is 11.2. The van der Waals surface area contributed by atoms with Crippen LogP contribution in [0.4, 0.5) is 0 Å². The Labute approximate surface area is 74.3 Å². The molecule has 0 radical (unpaired) electrons. The summed E-state index contributed by atoms with van der Waals surface area (Å²) in [5.41, 5.74) is 0. The molecule has 12 heavy (non-hydrogen) atoms. The van der Waals surface area contributed by atoms with Crippen molar-refractivity contribution >= 4 is 5.97 Å². The van der Waals surface area contributed by atoms with Gasteiger partial charge in [-0.15, -0.1) is 0 Å². The average molecular weight is 170 g/mol. The van der Waals surface area contributed by atoms with Gasteiger partial charge >= 0.3 is 5.97 Å². The summed E-state index contributed by atoms with van der Waals surface area (Å²) in [7, 11) is 0. The van der Waals surface area contributed by atoms with Gasteiger partial charge in [-0.3, -0.25) is 4.79 Å². The van der Waals surface area contributed by atoms with E-state index in [-0.39, 0.29) is 11.9 Å². The van der Waals surface area contributed by atoms with Crippen LogP contribution in [0.15, 0.2) is 0 Å². The molecule has 0 aliphatic carbocycles. The monoisotopic (exact) mass is 170 g/mol. The van der Waals surface area contributed by atoms with Crippen LogP contribution >= 0.6 is 0 Å². The minimum atomic E-state index is -0.0156. The van der Waals surface area contributed by atoms with Gasteiger partial charge < -0.3 is 4.74 Å². The van der Waals surface area contributed by atoms with E-state index in [1.807, 2.05) is 6.92 Å². The molecule has 0 amide bonds. The molecule has 1 saturated heterocycles. The first kappa shape index (κ1) is 9.56. The molecule has 0 aromatic rings. The van der Waals surface area contributed by atoms with E-state index in [1.54, 1.807) is 0 Å². The van der Waals surface area contributed by atoms with E-state index in [4.69, 9.17) is 4.74 Å². The number of carbonyl (C=O) groups excluding carboxylic acids is 1. The van der Waals surface area contributed by atoms with Gasteiger partial charge in [-0.05, 0) is 24.7 Å². The zero-order valence-corrected chi connectivity index (χ0v) is 8.17. The van der Waals surface area contributed by atoms with Gasteiger partial charge in [0.2, 0.25) is 0 Å². The highest BCUT2D eigenvalue weighted by Crippen LogP contribution is 2.24. The molecule has 2 nitrogen and oxygen atoms in total. The summed E-state index contributed by atoms with van der Waals surface area (Å²) in [5, 5.41) is 0. The van der Waals surface area contributed by atoms with Crippen LogP contribution in [0.3, 0.4) is 0 Å². The Balaban J connectivity index is 2.49. The number of hydrogen-bond donors (Lipinski definition) is 0. The molecule has 0 aromatic carbocycles. The first-order valence-corrected chi connectivity index (χ1v) is 4.78. The maximum Gasteiger partial charge on any atom is 0.308 e. The lowest BCUT2D eigenvalue weighted by atomic mass is 9.90. The van der Waals surface area contributed by atoms with Gasteiger partial charge in [0.15, 0.2) is 0 Å². The molecular formula is C10H18O2. The molecular weight excluding hydrogens is 152 g/mol. The predicted octanol–water partition coefficient (Wildman–Crippen LogP) is 2.23. The van der Waals surface area contributed by atoms with E-state index >= 15 is 0 Å². The van der Waals surface area contributed by atoms with Crippen LogP contribution in [-0.4, -0.2) is 12.6 Å². The van der Waals surface area contributed by atoms with Crippen LogP contribution in [0.1, 0.15) is 33.6 Å². The van der Waals surface area contributed by atoms with Crippen LogP contribution in [0, 0.1) is 17.8 Å². The molecule has 70 valence electrons. The summed E-state index contributed by atoms with van der Waals surface area (Å²) in [5.74, 6) is 1.29. The lowest BCUT2D eigenvalue weighted by Crippen LogP contribution is -2.15. The highest BCUT2D eigenvalue weighted by molar-refractivity contribution is 5.72. The smallest absolute Gasteiger partial charge is 0.308 e. The van der Waals surface area contributed by atoms with Crippen molar-refractivity contribution in [2.45, 2.75) is 33.6 Å². The van der Waals surface area contributed by atoms with Crippen LogP contribution < -0.4 is 0 Å². The van der Waals surface area contributed by atoms with Crippen molar-refractivity contribution in [3.63, 3.8) is 0 Å². The molecule has 1 aliphatic heterocycles. The Morgan fingerprint density at radius 2 is 2.08 bits per heavy atom. The van der Waals surface area contributed by atoms with E-state index in [2.05, 4.69) is 13.8 Å². The molecule has 2 heteroatoms. The van der Waals surface area contributed by atoms with Crippen molar-refractivity contribution in [3.05, 3.63) is 0 Å². The highest BCUT2D eigenvalue weighted by Gasteiger charge is 2.24. The largest absolute Gasteiger partial charge is 0.465 e. The van der Waals surface area contributed by atoms with E-state index in [9.17, 15) is 4.79 Å². The third-order valence-corrected chi connectivity index (χ3v) is 2.76. The van der Waals surface area contributed by atoms with Crippen LogP contribution in [0.5, 0.6) is 0 Å². The second-order valence-electron chi connectivity index (χ2n) is 4.11. The fraction of sp³-hybridized carbons (Fsp3) is 0.900. The quantitative estimate of drug-likeness (QED) is 0.564. The molecule has 0 aromatic heterocycles. The Kier molecular flexibility index (Phi) is 3.12. The second kappa shape index (κ2) is 3.92. The summed E-state index contributed by atoms with van der Waals surface area (Å²) < 4.78 is 5.15. The summed E-state index contributed by atoms with van der Waals surface area (Å²) in [6.07, 6.45) is 2.12. The fourth-order valence-electron chi connectivity index (χ4n) is 1.52. The van der Waals surface area contributed by atoms with Crippen LogP contribution in [-0.2, 0) is 9.53 Å². The number of ether oxygens (including phenoxy) is 1. The summed E-state index contributed by atoms with van der Waals surface area (Å²) in [6.45, 7) is 6.95. The van der Waals surface area contributed by atoms with E-state index in [0.717, 1.165) is 12.8 Å². The maximum atomic E-state index is 11.2. The van der Waals surface area contributed by atoms with Crippen molar-refractivity contribution < 1.29 is 9.53 Å². The van der Waals surface area contributed by atoms with Gasteiger partial charge in [-0.1, -0.05) is 20.8 Å². The van der Waals surface area contributed by atoms with Crippen molar-refractivity contribution in [2.24, 2.45) is 17.8 Å². The topological polar surface area (TPSA) is 26.3 Å². The first-order chi connectivity index (χ1) is 5.61. The number of cyclic esters (lactones) is 1. The van der Waals surface area contributed by atoms with Crippen molar-refractivity contribution in [1.82, 2.24) is 0 Å². The normalized spacial score (nSPS) is 31.5. The number of rotatable bonds is 1. The lowest BCUT2D eigenvalue weighted by molar-refractivity contribution is -0.147. The Hall–Kier alpha value is -0.530. The molecule has 1 aliphatic rings. The number of carbonyl (C=O) groups is 1. The Morgan fingerprint density at radius 3 is 2.67 bits per heavy atom. The van der Waals surface area contributed by atoms with Crippen LogP contribution in [0.2, 0.25) is 0 Å². The van der Waals surface area contributed by atoms with Gasteiger partial charge in [0, 0.05) is 0 Å². The minimum Gasteiger partial charge on any atom is -0.465 e. The number of hydrogen-bond acceptors (Lipinski definition) is 2. The van der Waals surface area contributed by atoms with Gasteiger partial charge in [0.05, 0.1) is 12.5 Å². The number of esters is 1. The predicted molar refractivity (Wildman–Crippen MR) is 47.7 cm³/mol. The van der Waals surface area contributed by atoms with Gasteiger partial charge in [0.25, 0.3) is 0 Å². The molecule has 2 atom stereocenters. The summed E-state index contributed by atoms with van der Waals surface area (Å²) in [6, 6.07) is 0. The fourth-order valence-corrected chi connectivity index (χ4v) is 1.52. The van der Waals surface area contributed by atoms with Gasteiger partial charge in [-0.25, -0.2) is 0 Å². The lowest BCUT2D eigenvalue weighted by Gasteiger charge is -2.16. The molecule has 0 N–H and O–H groups in total. The highest BCUT2D eigenvalue weighted by atomic mass is 16.5. The molecule has 0 saturated carbocycles. The SMILES string of the molecule is CC(C)[C@H]1CC[C@H](C)C(=O)OC1. The van der Waals surface area contributed by atoms with E-state index in [0.29, 0.717) is 18.4 Å². The molecule has 0 bridgehead atoms. The molecule has 1 rings (SSSR count). The van der Waals surface area contributed by atoms with Crippen molar-refractivity contribution in [1.29, 1.82) is 0 Å². The Bertz CT molecular complexity index is 163. The van der Waals surface area contributed by atoms with Crippen molar-refractivity contribution in [2.75, 3.05) is 6.61 Å². The van der Waals surface area contributed by atoms with E-state index in [1.165, 1.54) is 0 Å². The van der Waals surface area contributed by atoms with Gasteiger partial charge in [0.1, 0.15) is 0 Å². The zero-order chi connectivity index (χ0) is 9.14. The molecule has 0 spiro atoms. The average Bonchev–Trinajstić information content (AvgIpc) is 2.16. The van der Waals surface area contributed by atoms with Crippen molar-refractivity contribution in [3.8, 4) is 0 Å². The standard InChI is InChI=1S/C10H18O2/c1-7(2)9-5-4-8(3)10(11)12-6-9/h7-9H,4-6H2,1-3H3/t8-,9-/m0/s1. The second-order valence-corrected chi connectivity index (χ2v) is 4.11. The van der Waals surface area contributed by atoms with Crippen LogP contribution in [0.25, 0.3) is 0 Å².